The molecule has 3 heteroatoms. The smallest absolute Gasteiger partial charge is 0.131 e. The average Bonchev–Trinajstić information content (AvgIpc) is 3.05. The SMILES string of the molecule is COc1ccc(C(C)NCC2(C)CC2)c(F)c1. The summed E-state index contributed by atoms with van der Waals surface area (Å²) in [6.07, 6.45) is 2.55. The minimum absolute atomic E-state index is 0.0401. The van der Waals surface area contributed by atoms with Crippen molar-refractivity contribution in [1.82, 2.24) is 5.32 Å². The van der Waals surface area contributed by atoms with Crippen molar-refractivity contribution in [3.05, 3.63) is 29.6 Å². The van der Waals surface area contributed by atoms with Crippen LogP contribution in [0.3, 0.4) is 0 Å². The molecule has 1 fully saturated rings. The van der Waals surface area contributed by atoms with Crippen LogP contribution in [-0.2, 0) is 0 Å². The molecule has 1 unspecified atom stereocenters. The normalized spacial score (nSPS) is 18.8. The lowest BCUT2D eigenvalue weighted by Gasteiger charge is -2.18. The van der Waals surface area contributed by atoms with Gasteiger partial charge in [-0.05, 0) is 31.2 Å². The van der Waals surface area contributed by atoms with Gasteiger partial charge >= 0.3 is 0 Å². The van der Waals surface area contributed by atoms with E-state index < -0.39 is 0 Å². The van der Waals surface area contributed by atoms with E-state index >= 15 is 0 Å². The van der Waals surface area contributed by atoms with Crippen LogP contribution in [0.15, 0.2) is 18.2 Å². The van der Waals surface area contributed by atoms with Crippen LogP contribution in [0, 0.1) is 11.2 Å². The third-order valence-corrected chi connectivity index (χ3v) is 3.61. The van der Waals surface area contributed by atoms with Crippen LogP contribution in [-0.4, -0.2) is 13.7 Å². The number of ether oxygens (including phenoxy) is 1. The molecule has 2 nitrogen and oxygen atoms in total. The van der Waals surface area contributed by atoms with Gasteiger partial charge in [-0.15, -0.1) is 0 Å². The van der Waals surface area contributed by atoms with E-state index in [9.17, 15) is 4.39 Å². The van der Waals surface area contributed by atoms with Crippen LogP contribution >= 0.6 is 0 Å². The van der Waals surface area contributed by atoms with Crippen LogP contribution in [0.25, 0.3) is 0 Å². The Balaban J connectivity index is 2.00. The Morgan fingerprint density at radius 1 is 1.47 bits per heavy atom. The molecule has 0 radical (unpaired) electrons. The first-order chi connectivity index (χ1) is 8.04. The minimum atomic E-state index is -0.203. The van der Waals surface area contributed by atoms with Gasteiger partial charge in [0.2, 0.25) is 0 Å². The molecule has 2 rings (SSSR count). The van der Waals surface area contributed by atoms with Gasteiger partial charge in [0.1, 0.15) is 11.6 Å². The van der Waals surface area contributed by atoms with Gasteiger partial charge in [-0.25, -0.2) is 4.39 Å². The van der Waals surface area contributed by atoms with E-state index in [1.54, 1.807) is 19.2 Å². The molecule has 1 aromatic rings. The molecule has 0 heterocycles. The van der Waals surface area contributed by atoms with E-state index in [-0.39, 0.29) is 11.9 Å². The predicted octanol–water partition coefficient (Wildman–Crippen LogP) is 3.29. The quantitative estimate of drug-likeness (QED) is 0.848. The Kier molecular flexibility index (Phi) is 3.38. The molecule has 0 aliphatic heterocycles. The summed E-state index contributed by atoms with van der Waals surface area (Å²) in [4.78, 5) is 0. The van der Waals surface area contributed by atoms with Crippen molar-refractivity contribution in [3.63, 3.8) is 0 Å². The molecule has 1 aliphatic carbocycles. The van der Waals surface area contributed by atoms with Gasteiger partial charge < -0.3 is 10.1 Å². The topological polar surface area (TPSA) is 21.3 Å². The molecular weight excluding hydrogens is 217 g/mol. The van der Waals surface area contributed by atoms with Crippen molar-refractivity contribution in [2.75, 3.05) is 13.7 Å². The summed E-state index contributed by atoms with van der Waals surface area (Å²) in [6, 6.07) is 5.07. The average molecular weight is 237 g/mol. The van der Waals surface area contributed by atoms with Gasteiger partial charge in [0.15, 0.2) is 0 Å². The minimum Gasteiger partial charge on any atom is -0.497 e. The Hall–Kier alpha value is -1.09. The van der Waals surface area contributed by atoms with Crippen LogP contribution in [0.5, 0.6) is 5.75 Å². The number of rotatable bonds is 5. The second kappa shape index (κ2) is 4.65. The fourth-order valence-electron chi connectivity index (χ4n) is 1.89. The van der Waals surface area contributed by atoms with Gasteiger partial charge in [0.25, 0.3) is 0 Å². The van der Waals surface area contributed by atoms with Gasteiger partial charge in [-0.3, -0.25) is 0 Å². The number of hydrogen-bond donors (Lipinski definition) is 1. The molecule has 17 heavy (non-hydrogen) atoms. The van der Waals surface area contributed by atoms with Crippen LogP contribution < -0.4 is 10.1 Å². The highest BCUT2D eigenvalue weighted by Gasteiger charge is 2.37. The number of methoxy groups -OCH3 is 1. The lowest BCUT2D eigenvalue weighted by molar-refractivity contribution is 0.408. The predicted molar refractivity (Wildman–Crippen MR) is 66.7 cm³/mol. The van der Waals surface area contributed by atoms with E-state index in [1.807, 2.05) is 6.92 Å². The summed E-state index contributed by atoms with van der Waals surface area (Å²) in [5.74, 6) is 0.359. The zero-order valence-corrected chi connectivity index (χ0v) is 10.7. The highest BCUT2D eigenvalue weighted by atomic mass is 19.1. The fraction of sp³-hybridized carbons (Fsp3) is 0.571. The van der Waals surface area contributed by atoms with Crippen molar-refractivity contribution in [2.24, 2.45) is 5.41 Å². The third kappa shape index (κ3) is 2.97. The largest absolute Gasteiger partial charge is 0.497 e. The van der Waals surface area contributed by atoms with Gasteiger partial charge in [0.05, 0.1) is 7.11 Å². The first-order valence-corrected chi connectivity index (χ1v) is 6.11. The third-order valence-electron chi connectivity index (χ3n) is 3.61. The molecule has 1 saturated carbocycles. The Morgan fingerprint density at radius 3 is 2.71 bits per heavy atom. The van der Waals surface area contributed by atoms with Crippen molar-refractivity contribution < 1.29 is 9.13 Å². The van der Waals surface area contributed by atoms with Crippen LogP contribution in [0.1, 0.15) is 38.3 Å². The lowest BCUT2D eigenvalue weighted by atomic mass is 10.1. The lowest BCUT2D eigenvalue weighted by Crippen LogP contribution is -2.25. The van der Waals surface area contributed by atoms with Crippen molar-refractivity contribution >= 4 is 0 Å². The molecule has 1 aromatic carbocycles. The molecule has 94 valence electrons. The molecular formula is C14H20FNO. The van der Waals surface area contributed by atoms with E-state index in [0.29, 0.717) is 16.7 Å². The molecule has 1 atom stereocenters. The molecule has 0 aromatic heterocycles. The zero-order chi connectivity index (χ0) is 12.5. The number of halogens is 1. The van der Waals surface area contributed by atoms with Gasteiger partial charge in [-0.2, -0.15) is 0 Å². The van der Waals surface area contributed by atoms with E-state index in [4.69, 9.17) is 4.74 Å². The maximum absolute atomic E-state index is 13.8. The Bertz CT molecular complexity index is 401. The first-order valence-electron chi connectivity index (χ1n) is 6.11. The second-order valence-corrected chi connectivity index (χ2v) is 5.30. The second-order valence-electron chi connectivity index (χ2n) is 5.30. The maximum Gasteiger partial charge on any atom is 0.131 e. The standard InChI is InChI=1S/C14H20FNO/c1-10(16-9-14(2)6-7-14)12-5-4-11(17-3)8-13(12)15/h4-5,8,10,16H,6-7,9H2,1-3H3. The number of benzene rings is 1. The number of nitrogens with one attached hydrogen (secondary N) is 1. The first kappa shape index (κ1) is 12.4. The van der Waals surface area contributed by atoms with E-state index in [1.165, 1.54) is 18.9 Å². The zero-order valence-electron chi connectivity index (χ0n) is 10.7. The Labute approximate surface area is 102 Å². The molecule has 0 spiro atoms. The van der Waals surface area contributed by atoms with Crippen molar-refractivity contribution in [2.45, 2.75) is 32.7 Å². The number of hydrogen-bond acceptors (Lipinski definition) is 2. The highest BCUT2D eigenvalue weighted by molar-refractivity contribution is 5.30. The molecule has 0 bridgehead atoms. The molecule has 0 saturated heterocycles. The van der Waals surface area contributed by atoms with Gasteiger partial charge in [-0.1, -0.05) is 13.0 Å². The van der Waals surface area contributed by atoms with Crippen molar-refractivity contribution in [1.29, 1.82) is 0 Å². The summed E-state index contributed by atoms with van der Waals surface area (Å²) >= 11 is 0. The molecule has 1 aliphatic rings. The summed E-state index contributed by atoms with van der Waals surface area (Å²) in [5.41, 5.74) is 1.15. The Morgan fingerprint density at radius 2 is 2.18 bits per heavy atom. The highest BCUT2D eigenvalue weighted by Crippen LogP contribution is 2.44. The summed E-state index contributed by atoms with van der Waals surface area (Å²) < 4.78 is 18.8. The monoisotopic (exact) mass is 237 g/mol. The maximum atomic E-state index is 13.8. The molecule has 1 N–H and O–H groups in total. The summed E-state index contributed by atoms with van der Waals surface area (Å²) in [5, 5.41) is 3.40. The fourth-order valence-corrected chi connectivity index (χ4v) is 1.89. The summed E-state index contributed by atoms with van der Waals surface area (Å²) in [6.45, 7) is 5.22. The van der Waals surface area contributed by atoms with E-state index in [0.717, 1.165) is 6.54 Å². The van der Waals surface area contributed by atoms with Gasteiger partial charge in [0, 0.05) is 24.2 Å². The summed E-state index contributed by atoms with van der Waals surface area (Å²) in [7, 11) is 1.55. The van der Waals surface area contributed by atoms with Crippen LogP contribution in [0.2, 0.25) is 0 Å². The van der Waals surface area contributed by atoms with Crippen LogP contribution in [0.4, 0.5) is 4.39 Å². The van der Waals surface area contributed by atoms with E-state index in [2.05, 4.69) is 12.2 Å². The van der Waals surface area contributed by atoms with Crippen molar-refractivity contribution in [3.8, 4) is 5.75 Å². The molecule has 0 amide bonds.